The van der Waals surface area contributed by atoms with Gasteiger partial charge in [0.25, 0.3) is 0 Å². The summed E-state index contributed by atoms with van der Waals surface area (Å²) < 4.78 is 5.35. The Balaban J connectivity index is 1.70. The lowest BCUT2D eigenvalue weighted by Crippen LogP contribution is -2.35. The van der Waals surface area contributed by atoms with Crippen molar-refractivity contribution in [3.05, 3.63) is 27.4 Å². The van der Waals surface area contributed by atoms with Crippen LogP contribution in [0.3, 0.4) is 0 Å². The second-order valence-electron chi connectivity index (χ2n) is 4.77. The minimum atomic E-state index is 0.108. The molecule has 1 saturated heterocycles. The van der Waals surface area contributed by atoms with Gasteiger partial charge in [-0.1, -0.05) is 0 Å². The number of thiazole rings is 1. The summed E-state index contributed by atoms with van der Waals surface area (Å²) in [5.41, 5.74) is 1.75. The number of hydrogen-bond acceptors (Lipinski definition) is 6. The fourth-order valence-electron chi connectivity index (χ4n) is 2.10. The maximum absolute atomic E-state index is 11.3. The molecular weight excluding hydrogens is 292 g/mol. The van der Waals surface area contributed by atoms with E-state index in [4.69, 9.17) is 4.74 Å². The molecule has 1 fully saturated rings. The van der Waals surface area contributed by atoms with Gasteiger partial charge in [0.2, 0.25) is 0 Å². The number of Topliss-reactive ketones (excluding diaryl/α,β-unsaturated/α-hetero) is 1. The van der Waals surface area contributed by atoms with Crippen LogP contribution in [-0.4, -0.2) is 42.0 Å². The normalized spacial score (nSPS) is 16.4. The third kappa shape index (κ3) is 3.15. The molecule has 1 aliphatic rings. The fourth-order valence-corrected chi connectivity index (χ4v) is 3.92. The summed E-state index contributed by atoms with van der Waals surface area (Å²) in [7, 11) is 0. The summed E-state index contributed by atoms with van der Waals surface area (Å²) in [6, 6.07) is 1.93. The van der Waals surface area contributed by atoms with Crippen LogP contribution in [0.5, 0.6) is 0 Å². The summed E-state index contributed by atoms with van der Waals surface area (Å²) in [6.07, 6.45) is 0. The van der Waals surface area contributed by atoms with E-state index in [9.17, 15) is 4.79 Å². The molecule has 20 heavy (non-hydrogen) atoms. The molecule has 4 nitrogen and oxygen atoms in total. The van der Waals surface area contributed by atoms with Gasteiger partial charge in [-0.05, 0) is 13.0 Å². The van der Waals surface area contributed by atoms with Gasteiger partial charge in [0.1, 0.15) is 5.01 Å². The van der Waals surface area contributed by atoms with E-state index in [0.29, 0.717) is 0 Å². The molecule has 106 valence electrons. The molecule has 0 amide bonds. The first-order chi connectivity index (χ1) is 9.72. The lowest BCUT2D eigenvalue weighted by Gasteiger charge is -2.25. The Morgan fingerprint density at radius 1 is 1.35 bits per heavy atom. The Labute approximate surface area is 126 Å². The molecule has 2 aromatic heterocycles. The minimum absolute atomic E-state index is 0.108. The molecule has 0 saturated carbocycles. The Morgan fingerprint density at radius 2 is 2.15 bits per heavy atom. The van der Waals surface area contributed by atoms with Crippen LogP contribution < -0.4 is 0 Å². The number of rotatable bonds is 4. The first-order valence-corrected chi connectivity index (χ1v) is 8.32. The van der Waals surface area contributed by atoms with Crippen molar-refractivity contribution < 1.29 is 9.53 Å². The van der Waals surface area contributed by atoms with Crippen LogP contribution >= 0.6 is 22.7 Å². The molecular formula is C14H16N2O2S2. The number of ketones is 1. The van der Waals surface area contributed by atoms with Crippen molar-refractivity contribution in [2.24, 2.45) is 0 Å². The fraction of sp³-hybridized carbons (Fsp3) is 0.429. The van der Waals surface area contributed by atoms with Crippen LogP contribution in [0, 0.1) is 0 Å². The predicted molar refractivity (Wildman–Crippen MR) is 81.5 cm³/mol. The van der Waals surface area contributed by atoms with Crippen LogP contribution in [0.1, 0.15) is 22.3 Å². The first-order valence-electron chi connectivity index (χ1n) is 6.57. The van der Waals surface area contributed by atoms with Crippen LogP contribution in [0.15, 0.2) is 16.8 Å². The van der Waals surface area contributed by atoms with Gasteiger partial charge in [0.05, 0.1) is 30.3 Å². The van der Waals surface area contributed by atoms with Gasteiger partial charge in [-0.25, -0.2) is 4.98 Å². The summed E-state index contributed by atoms with van der Waals surface area (Å²) in [6.45, 7) is 6.05. The van der Waals surface area contributed by atoms with Crippen LogP contribution in [-0.2, 0) is 11.3 Å². The van der Waals surface area contributed by atoms with E-state index >= 15 is 0 Å². The maximum atomic E-state index is 11.3. The molecule has 2 aromatic rings. The van der Waals surface area contributed by atoms with E-state index < -0.39 is 0 Å². The standard InChI is InChI=1S/C14H16N2O2S2/c1-10(17)11-6-13(19-8-11)12-9-20-14(15-12)7-16-2-4-18-5-3-16/h6,8-9H,2-5,7H2,1H3. The van der Waals surface area contributed by atoms with Crippen LogP contribution in [0.4, 0.5) is 0 Å². The van der Waals surface area contributed by atoms with Crippen molar-refractivity contribution in [2.45, 2.75) is 13.5 Å². The smallest absolute Gasteiger partial charge is 0.160 e. The van der Waals surface area contributed by atoms with E-state index in [-0.39, 0.29) is 5.78 Å². The predicted octanol–water partition coefficient (Wildman–Crippen LogP) is 2.91. The second-order valence-corrected chi connectivity index (χ2v) is 6.62. The molecule has 0 aromatic carbocycles. The zero-order valence-corrected chi connectivity index (χ0v) is 12.9. The Bertz CT molecular complexity index is 600. The largest absolute Gasteiger partial charge is 0.379 e. The van der Waals surface area contributed by atoms with Crippen molar-refractivity contribution in [3.63, 3.8) is 0 Å². The third-order valence-electron chi connectivity index (χ3n) is 3.27. The van der Waals surface area contributed by atoms with Crippen LogP contribution in [0.2, 0.25) is 0 Å². The number of carbonyl (C=O) groups excluding carboxylic acids is 1. The summed E-state index contributed by atoms with van der Waals surface area (Å²) >= 11 is 3.26. The SMILES string of the molecule is CC(=O)c1csc(-c2csc(CN3CCOCC3)n2)c1. The van der Waals surface area contributed by atoms with Crippen molar-refractivity contribution in [1.82, 2.24) is 9.88 Å². The monoisotopic (exact) mass is 308 g/mol. The number of hydrogen-bond donors (Lipinski definition) is 0. The molecule has 0 radical (unpaired) electrons. The van der Waals surface area contributed by atoms with E-state index in [0.717, 1.165) is 54.0 Å². The molecule has 0 unspecified atom stereocenters. The second kappa shape index (κ2) is 6.13. The molecule has 3 rings (SSSR count). The van der Waals surface area contributed by atoms with Gasteiger partial charge in [-0.15, -0.1) is 22.7 Å². The molecule has 1 aliphatic heterocycles. The number of carbonyl (C=O) groups is 1. The molecule has 3 heterocycles. The number of thiophene rings is 1. The third-order valence-corrected chi connectivity index (χ3v) is 5.06. The van der Waals surface area contributed by atoms with E-state index in [2.05, 4.69) is 15.3 Å². The number of morpholine rings is 1. The molecule has 0 aliphatic carbocycles. The van der Waals surface area contributed by atoms with E-state index in [1.54, 1.807) is 29.6 Å². The Kier molecular flexibility index (Phi) is 4.26. The van der Waals surface area contributed by atoms with Gasteiger partial charge >= 0.3 is 0 Å². The topological polar surface area (TPSA) is 42.4 Å². The highest BCUT2D eigenvalue weighted by Crippen LogP contribution is 2.29. The van der Waals surface area contributed by atoms with Crippen LogP contribution in [0.25, 0.3) is 10.6 Å². The molecule has 0 bridgehead atoms. The van der Waals surface area contributed by atoms with Gasteiger partial charge < -0.3 is 4.74 Å². The zero-order valence-electron chi connectivity index (χ0n) is 11.3. The van der Waals surface area contributed by atoms with E-state index in [1.165, 1.54) is 0 Å². The number of nitrogens with zero attached hydrogens (tertiary/aromatic N) is 2. The average Bonchev–Trinajstić information content (AvgIpc) is 3.08. The van der Waals surface area contributed by atoms with Crippen molar-refractivity contribution in [2.75, 3.05) is 26.3 Å². The maximum Gasteiger partial charge on any atom is 0.160 e. The van der Waals surface area contributed by atoms with Gasteiger partial charge in [-0.3, -0.25) is 9.69 Å². The number of ether oxygens (including phenoxy) is 1. The summed E-state index contributed by atoms with van der Waals surface area (Å²) in [5.74, 6) is 0.108. The first kappa shape index (κ1) is 13.9. The Morgan fingerprint density at radius 3 is 2.85 bits per heavy atom. The summed E-state index contributed by atoms with van der Waals surface area (Å²) in [4.78, 5) is 19.4. The highest BCUT2D eigenvalue weighted by molar-refractivity contribution is 7.14. The minimum Gasteiger partial charge on any atom is -0.379 e. The van der Waals surface area contributed by atoms with Gasteiger partial charge in [0.15, 0.2) is 5.78 Å². The molecule has 0 atom stereocenters. The molecule has 6 heteroatoms. The van der Waals surface area contributed by atoms with Crippen molar-refractivity contribution in [1.29, 1.82) is 0 Å². The van der Waals surface area contributed by atoms with Crippen molar-refractivity contribution in [3.8, 4) is 10.6 Å². The lowest BCUT2D eigenvalue weighted by atomic mass is 10.2. The molecule has 0 spiro atoms. The quantitative estimate of drug-likeness (QED) is 0.815. The Hall–Kier alpha value is -1.08. The molecule has 0 N–H and O–H groups in total. The zero-order chi connectivity index (χ0) is 13.9. The van der Waals surface area contributed by atoms with Gasteiger partial charge in [0, 0.05) is 29.4 Å². The highest BCUT2D eigenvalue weighted by atomic mass is 32.1. The average molecular weight is 308 g/mol. The number of aromatic nitrogens is 1. The van der Waals surface area contributed by atoms with Crippen molar-refractivity contribution >= 4 is 28.5 Å². The summed E-state index contributed by atoms with van der Waals surface area (Å²) in [5, 5.41) is 5.10. The highest BCUT2D eigenvalue weighted by Gasteiger charge is 2.14. The lowest BCUT2D eigenvalue weighted by molar-refractivity contribution is 0.0342. The van der Waals surface area contributed by atoms with E-state index in [1.807, 2.05) is 11.4 Å². The van der Waals surface area contributed by atoms with Gasteiger partial charge in [-0.2, -0.15) is 0 Å².